The molecule has 0 unspecified atom stereocenters. The lowest BCUT2D eigenvalue weighted by Crippen LogP contribution is -2.44. The molecule has 0 saturated carbocycles. The van der Waals surface area contributed by atoms with Gasteiger partial charge in [0.15, 0.2) is 0 Å². The number of likely N-dealkylation sites (tertiary alicyclic amines) is 1. The molecular weight excluding hydrogens is 435 g/mol. The molecule has 1 saturated heterocycles. The highest BCUT2D eigenvalue weighted by atomic mass is 35.5. The van der Waals surface area contributed by atoms with Crippen LogP contribution in [0.3, 0.4) is 0 Å². The summed E-state index contributed by atoms with van der Waals surface area (Å²) in [5.41, 5.74) is 1.16. The normalized spacial score (nSPS) is 16.1. The van der Waals surface area contributed by atoms with Crippen LogP contribution in [0.25, 0.3) is 0 Å². The zero-order valence-electron chi connectivity index (χ0n) is 15.9. The van der Waals surface area contributed by atoms with Crippen LogP contribution in [-0.2, 0) is 16.6 Å². The van der Waals surface area contributed by atoms with Gasteiger partial charge in [0.2, 0.25) is 10.0 Å². The fraction of sp³-hybridized carbons (Fsp3) is 0.400. The monoisotopic (exact) mass is 458 g/mol. The standard InChI is InChI=1S/C20H24Cl2N2O4S/c21-16-3-6-19(22)20(13-16)29(26,27)23-17-7-9-24(10-8-17)14-15-1-4-18(5-2-15)28-12-11-25/h1-6,13,17,23,25H,7-12,14H2. The number of rotatable bonds is 8. The Kier molecular flexibility index (Phi) is 7.79. The average molecular weight is 459 g/mol. The molecule has 29 heavy (non-hydrogen) atoms. The van der Waals surface area contributed by atoms with Crippen LogP contribution in [0.2, 0.25) is 10.0 Å². The van der Waals surface area contributed by atoms with Crippen LogP contribution in [0.1, 0.15) is 18.4 Å². The van der Waals surface area contributed by atoms with Gasteiger partial charge in [-0.3, -0.25) is 4.90 Å². The summed E-state index contributed by atoms with van der Waals surface area (Å²) < 4.78 is 33.4. The lowest BCUT2D eigenvalue weighted by Gasteiger charge is -2.32. The zero-order chi connectivity index (χ0) is 20.9. The molecule has 0 atom stereocenters. The summed E-state index contributed by atoms with van der Waals surface area (Å²) in [6.45, 7) is 2.64. The first-order valence-corrected chi connectivity index (χ1v) is 11.6. The molecule has 9 heteroatoms. The van der Waals surface area contributed by atoms with Gasteiger partial charge in [0.25, 0.3) is 0 Å². The van der Waals surface area contributed by atoms with Gasteiger partial charge in [0, 0.05) is 30.7 Å². The van der Waals surface area contributed by atoms with Gasteiger partial charge in [-0.15, -0.1) is 0 Å². The largest absolute Gasteiger partial charge is 0.491 e. The van der Waals surface area contributed by atoms with Gasteiger partial charge in [0.05, 0.1) is 11.6 Å². The Bertz CT molecular complexity index is 915. The fourth-order valence-corrected chi connectivity index (χ4v) is 5.36. The maximum absolute atomic E-state index is 12.7. The van der Waals surface area contributed by atoms with Crippen LogP contribution in [0.4, 0.5) is 0 Å². The summed E-state index contributed by atoms with van der Waals surface area (Å²) in [5, 5.41) is 9.28. The minimum absolute atomic E-state index is 0.00995. The smallest absolute Gasteiger partial charge is 0.242 e. The van der Waals surface area contributed by atoms with Crippen molar-refractivity contribution in [2.45, 2.75) is 30.3 Å². The van der Waals surface area contributed by atoms with Crippen LogP contribution in [-0.4, -0.2) is 50.8 Å². The second kappa shape index (κ2) is 10.1. The topological polar surface area (TPSA) is 78.9 Å². The van der Waals surface area contributed by atoms with E-state index in [1.54, 1.807) is 6.07 Å². The van der Waals surface area contributed by atoms with Crippen LogP contribution >= 0.6 is 23.2 Å². The molecule has 0 aromatic heterocycles. The Labute approximate surface area is 181 Å². The third-order valence-corrected chi connectivity index (χ3v) is 7.02. The van der Waals surface area contributed by atoms with Gasteiger partial charge >= 0.3 is 0 Å². The summed E-state index contributed by atoms with van der Waals surface area (Å²) in [6, 6.07) is 12.1. The predicted octanol–water partition coefficient (Wildman–Crippen LogP) is 3.31. The van der Waals surface area contributed by atoms with Crippen molar-refractivity contribution in [3.05, 3.63) is 58.1 Å². The molecule has 158 valence electrons. The molecule has 0 bridgehead atoms. The summed E-state index contributed by atoms with van der Waals surface area (Å²) in [6.07, 6.45) is 1.43. The molecule has 0 amide bonds. The third kappa shape index (κ3) is 6.31. The van der Waals surface area contributed by atoms with E-state index in [1.165, 1.54) is 12.1 Å². The van der Waals surface area contributed by atoms with Gasteiger partial charge in [-0.05, 0) is 48.7 Å². The van der Waals surface area contributed by atoms with E-state index < -0.39 is 10.0 Å². The number of nitrogens with one attached hydrogen (secondary N) is 1. The van der Waals surface area contributed by atoms with Crippen molar-refractivity contribution in [3.63, 3.8) is 0 Å². The number of sulfonamides is 1. The van der Waals surface area contributed by atoms with Crippen molar-refractivity contribution in [2.75, 3.05) is 26.3 Å². The molecule has 0 spiro atoms. The molecule has 1 aliphatic rings. The molecule has 2 aromatic carbocycles. The predicted molar refractivity (Wildman–Crippen MR) is 114 cm³/mol. The maximum atomic E-state index is 12.7. The van der Waals surface area contributed by atoms with Crippen molar-refractivity contribution in [2.24, 2.45) is 0 Å². The number of hydrogen-bond acceptors (Lipinski definition) is 5. The van der Waals surface area contributed by atoms with Crippen molar-refractivity contribution in [3.8, 4) is 5.75 Å². The van der Waals surface area contributed by atoms with Gasteiger partial charge in [-0.1, -0.05) is 35.3 Å². The molecule has 6 nitrogen and oxygen atoms in total. The molecular formula is C20H24Cl2N2O4S. The second-order valence-electron chi connectivity index (χ2n) is 6.96. The second-order valence-corrected chi connectivity index (χ2v) is 9.49. The van der Waals surface area contributed by atoms with Crippen LogP contribution in [0.15, 0.2) is 47.4 Å². The Morgan fingerprint density at radius 3 is 2.45 bits per heavy atom. The SMILES string of the molecule is O=S(=O)(NC1CCN(Cc2ccc(OCCO)cc2)CC1)c1cc(Cl)ccc1Cl. The third-order valence-electron chi connectivity index (χ3n) is 4.78. The maximum Gasteiger partial charge on any atom is 0.242 e. The zero-order valence-corrected chi connectivity index (χ0v) is 18.2. The van der Waals surface area contributed by atoms with Crippen molar-refractivity contribution in [1.82, 2.24) is 9.62 Å². The van der Waals surface area contributed by atoms with Crippen molar-refractivity contribution in [1.29, 1.82) is 0 Å². The van der Waals surface area contributed by atoms with E-state index in [2.05, 4.69) is 9.62 Å². The number of aliphatic hydroxyl groups is 1. The first kappa shape index (κ1) is 22.3. The Hall–Kier alpha value is -1.35. The van der Waals surface area contributed by atoms with E-state index in [1.807, 2.05) is 24.3 Å². The number of benzene rings is 2. The number of aliphatic hydroxyl groups excluding tert-OH is 1. The number of nitrogens with zero attached hydrogens (tertiary/aromatic N) is 1. The molecule has 2 aromatic rings. The molecule has 1 fully saturated rings. The highest BCUT2D eigenvalue weighted by Crippen LogP contribution is 2.26. The Morgan fingerprint density at radius 1 is 1.10 bits per heavy atom. The van der Waals surface area contributed by atoms with Crippen LogP contribution < -0.4 is 9.46 Å². The average Bonchev–Trinajstić information content (AvgIpc) is 2.70. The lowest BCUT2D eigenvalue weighted by molar-refractivity contribution is 0.198. The number of piperidine rings is 1. The molecule has 1 heterocycles. The van der Waals surface area contributed by atoms with E-state index in [0.717, 1.165) is 43.8 Å². The number of halogens is 2. The van der Waals surface area contributed by atoms with Gasteiger partial charge in [-0.2, -0.15) is 0 Å². The van der Waals surface area contributed by atoms with Gasteiger partial charge in [0.1, 0.15) is 17.3 Å². The van der Waals surface area contributed by atoms with Gasteiger partial charge < -0.3 is 9.84 Å². The molecule has 3 rings (SSSR count). The summed E-state index contributed by atoms with van der Waals surface area (Å²) in [5.74, 6) is 0.732. The lowest BCUT2D eigenvalue weighted by atomic mass is 10.1. The molecule has 1 aliphatic heterocycles. The molecule has 2 N–H and O–H groups in total. The van der Waals surface area contributed by atoms with E-state index in [4.69, 9.17) is 33.0 Å². The van der Waals surface area contributed by atoms with Crippen LogP contribution in [0, 0.1) is 0 Å². The highest BCUT2D eigenvalue weighted by Gasteiger charge is 2.26. The first-order chi connectivity index (χ1) is 13.9. The fourth-order valence-electron chi connectivity index (χ4n) is 3.29. The van der Waals surface area contributed by atoms with Crippen molar-refractivity contribution < 1.29 is 18.3 Å². The molecule has 0 radical (unpaired) electrons. The number of ether oxygens (including phenoxy) is 1. The van der Waals surface area contributed by atoms with E-state index >= 15 is 0 Å². The van der Waals surface area contributed by atoms with Crippen molar-refractivity contribution >= 4 is 33.2 Å². The van der Waals surface area contributed by atoms with Gasteiger partial charge in [-0.25, -0.2) is 13.1 Å². The summed E-state index contributed by atoms with van der Waals surface area (Å²) in [4.78, 5) is 2.30. The summed E-state index contributed by atoms with van der Waals surface area (Å²) >= 11 is 12.0. The highest BCUT2D eigenvalue weighted by molar-refractivity contribution is 7.89. The minimum atomic E-state index is -3.72. The molecule has 0 aliphatic carbocycles. The van der Waals surface area contributed by atoms with E-state index in [-0.39, 0.29) is 29.2 Å². The quantitative estimate of drug-likeness (QED) is 0.634. The Morgan fingerprint density at radius 2 is 1.79 bits per heavy atom. The van der Waals surface area contributed by atoms with E-state index in [9.17, 15) is 8.42 Å². The van der Waals surface area contributed by atoms with Crippen LogP contribution in [0.5, 0.6) is 5.75 Å². The number of hydrogen-bond donors (Lipinski definition) is 2. The Balaban J connectivity index is 1.52. The summed E-state index contributed by atoms with van der Waals surface area (Å²) in [7, 11) is -3.72. The minimum Gasteiger partial charge on any atom is -0.491 e. The first-order valence-electron chi connectivity index (χ1n) is 9.40. The van der Waals surface area contributed by atoms with E-state index in [0.29, 0.717) is 5.02 Å².